The van der Waals surface area contributed by atoms with Gasteiger partial charge in [0.15, 0.2) is 0 Å². The molecule has 0 unspecified atom stereocenters. The van der Waals surface area contributed by atoms with E-state index in [2.05, 4.69) is 51.1 Å². The lowest BCUT2D eigenvalue weighted by Crippen LogP contribution is -2.08. The van der Waals surface area contributed by atoms with Crippen LogP contribution in [0.5, 0.6) is 0 Å². The molecule has 4 nitrogen and oxygen atoms in total. The molecular formula is C12H15BrN4S. The Morgan fingerprint density at radius 1 is 1.39 bits per heavy atom. The van der Waals surface area contributed by atoms with E-state index >= 15 is 0 Å². The van der Waals surface area contributed by atoms with Gasteiger partial charge in [0, 0.05) is 10.4 Å². The van der Waals surface area contributed by atoms with Crippen LogP contribution in [-0.2, 0) is 6.54 Å². The summed E-state index contributed by atoms with van der Waals surface area (Å²) in [5, 5.41) is 3.32. The summed E-state index contributed by atoms with van der Waals surface area (Å²) in [6.45, 7) is 4.91. The summed E-state index contributed by atoms with van der Waals surface area (Å²) < 4.78 is 1.13. The number of nitrogens with one attached hydrogen (secondary N) is 1. The molecule has 0 aromatic carbocycles. The lowest BCUT2D eigenvalue weighted by Gasteiger charge is -2.14. The minimum absolute atomic E-state index is 0.295. The summed E-state index contributed by atoms with van der Waals surface area (Å²) in [7, 11) is 0. The molecule has 0 spiro atoms. The number of nitrogen functional groups attached to an aromatic ring is 1. The highest BCUT2D eigenvalue weighted by atomic mass is 79.9. The molecule has 0 aliphatic heterocycles. The predicted octanol–water partition coefficient (Wildman–Crippen LogP) is 3.62. The predicted molar refractivity (Wildman–Crippen MR) is 79.9 cm³/mol. The van der Waals surface area contributed by atoms with Crippen molar-refractivity contribution in [3.05, 3.63) is 32.7 Å². The summed E-state index contributed by atoms with van der Waals surface area (Å²) in [5.74, 6) is 1.67. The number of thiophene rings is 1. The van der Waals surface area contributed by atoms with Crippen LogP contribution in [0.2, 0.25) is 0 Å². The van der Waals surface area contributed by atoms with Crippen LogP contribution in [0.1, 0.15) is 30.2 Å². The van der Waals surface area contributed by atoms with E-state index in [0.717, 1.165) is 21.7 Å². The number of halogens is 1. The van der Waals surface area contributed by atoms with Gasteiger partial charge in [-0.25, -0.2) is 9.97 Å². The summed E-state index contributed by atoms with van der Waals surface area (Å²) in [4.78, 5) is 9.56. The van der Waals surface area contributed by atoms with E-state index in [9.17, 15) is 0 Å². The van der Waals surface area contributed by atoms with E-state index in [4.69, 9.17) is 5.73 Å². The molecule has 0 saturated carbocycles. The van der Waals surface area contributed by atoms with Gasteiger partial charge in [0.05, 0.1) is 10.3 Å². The van der Waals surface area contributed by atoms with Gasteiger partial charge in [0.25, 0.3) is 0 Å². The van der Waals surface area contributed by atoms with Gasteiger partial charge in [0.2, 0.25) is 0 Å². The van der Waals surface area contributed by atoms with Crippen LogP contribution in [0.4, 0.5) is 11.6 Å². The normalized spacial score (nSPS) is 10.9. The molecule has 0 radical (unpaired) electrons. The SMILES string of the molecule is CC(C)c1c(N)ncnc1NCc1ccc(Br)s1. The maximum absolute atomic E-state index is 5.90. The van der Waals surface area contributed by atoms with Gasteiger partial charge in [-0.2, -0.15) is 0 Å². The molecular weight excluding hydrogens is 312 g/mol. The fraction of sp³-hybridized carbons (Fsp3) is 0.333. The zero-order valence-electron chi connectivity index (χ0n) is 10.3. The van der Waals surface area contributed by atoms with Crippen LogP contribution in [-0.4, -0.2) is 9.97 Å². The van der Waals surface area contributed by atoms with Crippen molar-refractivity contribution in [3.63, 3.8) is 0 Å². The van der Waals surface area contributed by atoms with Crippen molar-refractivity contribution < 1.29 is 0 Å². The van der Waals surface area contributed by atoms with Gasteiger partial charge in [-0.3, -0.25) is 0 Å². The standard InChI is InChI=1S/C12H15BrN4S/c1-7(2)10-11(14)16-6-17-12(10)15-5-8-3-4-9(13)18-8/h3-4,6-7H,5H2,1-2H3,(H3,14,15,16,17). The number of nitrogens with two attached hydrogens (primary N) is 1. The Hall–Kier alpha value is -1.14. The zero-order chi connectivity index (χ0) is 13.1. The highest BCUT2D eigenvalue weighted by molar-refractivity contribution is 9.11. The van der Waals surface area contributed by atoms with Crippen molar-refractivity contribution in [1.29, 1.82) is 0 Å². The van der Waals surface area contributed by atoms with Crippen molar-refractivity contribution in [2.24, 2.45) is 0 Å². The maximum atomic E-state index is 5.90. The van der Waals surface area contributed by atoms with E-state index in [1.165, 1.54) is 11.2 Å². The third-order valence-electron chi connectivity index (χ3n) is 2.55. The number of hydrogen-bond acceptors (Lipinski definition) is 5. The van der Waals surface area contributed by atoms with Crippen LogP contribution in [0, 0.1) is 0 Å². The maximum Gasteiger partial charge on any atom is 0.135 e. The third-order valence-corrected chi connectivity index (χ3v) is 4.17. The highest BCUT2D eigenvalue weighted by Gasteiger charge is 2.12. The van der Waals surface area contributed by atoms with Gasteiger partial charge in [0.1, 0.15) is 18.0 Å². The van der Waals surface area contributed by atoms with Gasteiger partial charge >= 0.3 is 0 Å². The van der Waals surface area contributed by atoms with Crippen LogP contribution in [0.3, 0.4) is 0 Å². The molecule has 2 aromatic heterocycles. The smallest absolute Gasteiger partial charge is 0.135 e. The first-order chi connectivity index (χ1) is 8.58. The fourth-order valence-electron chi connectivity index (χ4n) is 1.74. The van der Waals surface area contributed by atoms with Gasteiger partial charge < -0.3 is 11.1 Å². The molecule has 0 fully saturated rings. The van der Waals surface area contributed by atoms with Crippen molar-refractivity contribution >= 4 is 38.9 Å². The summed E-state index contributed by atoms with van der Waals surface area (Å²) in [6.07, 6.45) is 1.49. The Labute approximate surface area is 119 Å². The van der Waals surface area contributed by atoms with Gasteiger partial charge in [-0.1, -0.05) is 13.8 Å². The lowest BCUT2D eigenvalue weighted by molar-refractivity contribution is 0.850. The van der Waals surface area contributed by atoms with Crippen molar-refractivity contribution in [1.82, 2.24) is 9.97 Å². The Kier molecular flexibility index (Phi) is 4.19. The molecule has 0 amide bonds. The minimum atomic E-state index is 0.295. The largest absolute Gasteiger partial charge is 0.383 e. The van der Waals surface area contributed by atoms with Gasteiger partial charge in [-0.05, 0) is 34.0 Å². The molecule has 96 valence electrons. The highest BCUT2D eigenvalue weighted by Crippen LogP contribution is 2.28. The molecule has 3 N–H and O–H groups in total. The second-order valence-electron chi connectivity index (χ2n) is 4.24. The number of anilines is 2. The first-order valence-electron chi connectivity index (χ1n) is 5.66. The Morgan fingerprint density at radius 2 is 2.17 bits per heavy atom. The van der Waals surface area contributed by atoms with Crippen LogP contribution < -0.4 is 11.1 Å². The Bertz CT molecular complexity index is 539. The Balaban J connectivity index is 2.16. The second kappa shape index (κ2) is 5.67. The van der Waals surface area contributed by atoms with Crippen LogP contribution >= 0.6 is 27.3 Å². The van der Waals surface area contributed by atoms with E-state index in [1.54, 1.807) is 11.3 Å². The Morgan fingerprint density at radius 3 is 2.78 bits per heavy atom. The average molecular weight is 327 g/mol. The summed E-state index contributed by atoms with van der Waals surface area (Å²) in [6, 6.07) is 4.13. The van der Waals surface area contributed by atoms with E-state index < -0.39 is 0 Å². The quantitative estimate of drug-likeness (QED) is 0.900. The molecule has 2 rings (SSSR count). The van der Waals surface area contributed by atoms with Crippen LogP contribution in [0.15, 0.2) is 22.2 Å². The van der Waals surface area contributed by atoms with E-state index in [0.29, 0.717) is 11.7 Å². The molecule has 0 aliphatic carbocycles. The number of hydrogen-bond donors (Lipinski definition) is 2. The second-order valence-corrected chi connectivity index (χ2v) is 6.78. The first-order valence-corrected chi connectivity index (χ1v) is 7.27. The number of nitrogens with zero attached hydrogens (tertiary/aromatic N) is 2. The molecule has 0 saturated heterocycles. The van der Waals surface area contributed by atoms with Crippen molar-refractivity contribution in [3.8, 4) is 0 Å². The third kappa shape index (κ3) is 3.00. The molecule has 18 heavy (non-hydrogen) atoms. The monoisotopic (exact) mass is 326 g/mol. The van der Waals surface area contributed by atoms with E-state index in [-0.39, 0.29) is 0 Å². The number of aromatic nitrogens is 2. The molecule has 2 aromatic rings. The van der Waals surface area contributed by atoms with Gasteiger partial charge in [-0.15, -0.1) is 11.3 Å². The summed E-state index contributed by atoms with van der Waals surface area (Å²) >= 11 is 5.16. The first kappa shape index (κ1) is 13.3. The topological polar surface area (TPSA) is 63.8 Å². The van der Waals surface area contributed by atoms with Crippen LogP contribution in [0.25, 0.3) is 0 Å². The van der Waals surface area contributed by atoms with Crippen molar-refractivity contribution in [2.45, 2.75) is 26.3 Å². The number of rotatable bonds is 4. The molecule has 6 heteroatoms. The average Bonchev–Trinajstić information content (AvgIpc) is 2.72. The fourth-order valence-corrected chi connectivity index (χ4v) is 3.16. The molecule has 0 aliphatic rings. The zero-order valence-corrected chi connectivity index (χ0v) is 12.7. The molecule has 2 heterocycles. The van der Waals surface area contributed by atoms with Crippen molar-refractivity contribution in [2.75, 3.05) is 11.1 Å². The lowest BCUT2D eigenvalue weighted by atomic mass is 10.0. The van der Waals surface area contributed by atoms with E-state index in [1.807, 2.05) is 6.07 Å². The molecule has 0 atom stereocenters. The molecule has 0 bridgehead atoms. The summed E-state index contributed by atoms with van der Waals surface area (Å²) in [5.41, 5.74) is 6.88. The minimum Gasteiger partial charge on any atom is -0.383 e.